The van der Waals surface area contributed by atoms with Crippen LogP contribution in [0.3, 0.4) is 0 Å². The molecule has 0 radical (unpaired) electrons. The highest BCUT2D eigenvalue weighted by molar-refractivity contribution is 9.10. The van der Waals surface area contributed by atoms with Crippen LogP contribution in [-0.4, -0.2) is 24.8 Å². The summed E-state index contributed by atoms with van der Waals surface area (Å²) < 4.78 is 11.9. The molecular formula is C18H26BrNO3. The second-order valence-electron chi connectivity index (χ2n) is 7.32. The van der Waals surface area contributed by atoms with Crippen molar-refractivity contribution in [3.63, 3.8) is 0 Å². The van der Waals surface area contributed by atoms with Gasteiger partial charge in [0.25, 0.3) is 0 Å². The predicted molar refractivity (Wildman–Crippen MR) is 96.4 cm³/mol. The highest BCUT2D eigenvalue weighted by Crippen LogP contribution is 2.40. The number of hydrogen-bond donors (Lipinski definition) is 0. The minimum atomic E-state index is -0.514. The number of anilines is 1. The fourth-order valence-electron chi connectivity index (χ4n) is 2.95. The first kappa shape index (κ1) is 18.1. The lowest BCUT2D eigenvalue weighted by atomic mass is 9.89. The number of methoxy groups -OCH3 is 1. The standard InChI is InChI=1S/C18H26BrNO3/c1-11(2)14-8-7-12-9-16(22-6)13(19)10-15(12)20(14)17(21)23-18(3,4)5/h9-11,14H,7-8H2,1-6H3. The van der Waals surface area contributed by atoms with E-state index in [1.807, 2.05) is 37.8 Å². The summed E-state index contributed by atoms with van der Waals surface area (Å²) in [4.78, 5) is 14.6. The van der Waals surface area contributed by atoms with E-state index in [2.05, 4.69) is 29.8 Å². The van der Waals surface area contributed by atoms with Gasteiger partial charge in [-0.3, -0.25) is 4.90 Å². The maximum atomic E-state index is 12.8. The molecule has 1 atom stereocenters. The minimum absolute atomic E-state index is 0.137. The van der Waals surface area contributed by atoms with Crippen molar-refractivity contribution in [2.45, 2.75) is 59.1 Å². The monoisotopic (exact) mass is 383 g/mol. The van der Waals surface area contributed by atoms with E-state index in [9.17, 15) is 4.79 Å². The summed E-state index contributed by atoms with van der Waals surface area (Å²) in [6.07, 6.45) is 1.57. The molecular weight excluding hydrogens is 358 g/mol. The number of aryl methyl sites for hydroxylation is 1. The number of hydrogen-bond acceptors (Lipinski definition) is 3. The van der Waals surface area contributed by atoms with E-state index >= 15 is 0 Å². The third kappa shape index (κ3) is 4.00. The fraction of sp³-hybridized carbons (Fsp3) is 0.611. The topological polar surface area (TPSA) is 38.8 Å². The maximum Gasteiger partial charge on any atom is 0.415 e. The Morgan fingerprint density at radius 1 is 1.35 bits per heavy atom. The molecule has 4 nitrogen and oxygen atoms in total. The number of benzene rings is 1. The van der Waals surface area contributed by atoms with Crippen LogP contribution < -0.4 is 9.64 Å². The number of fused-ring (bicyclic) bond motifs is 1. The van der Waals surface area contributed by atoms with Crippen molar-refractivity contribution < 1.29 is 14.3 Å². The Kier molecular flexibility index (Phi) is 5.29. The third-order valence-corrected chi connectivity index (χ3v) is 4.63. The Bertz CT molecular complexity index is 593. The molecule has 0 fully saturated rings. The van der Waals surface area contributed by atoms with Gasteiger partial charge in [0.1, 0.15) is 11.4 Å². The molecule has 0 aliphatic carbocycles. The summed E-state index contributed by atoms with van der Waals surface area (Å²) in [6.45, 7) is 9.97. The molecule has 128 valence electrons. The van der Waals surface area contributed by atoms with E-state index in [0.717, 1.165) is 34.3 Å². The first-order valence-corrected chi connectivity index (χ1v) is 8.82. The van der Waals surface area contributed by atoms with Gasteiger partial charge in [0.2, 0.25) is 0 Å². The van der Waals surface area contributed by atoms with Crippen molar-refractivity contribution in [3.05, 3.63) is 22.2 Å². The van der Waals surface area contributed by atoms with Crippen LogP contribution in [-0.2, 0) is 11.2 Å². The second-order valence-corrected chi connectivity index (χ2v) is 8.17. The first-order valence-electron chi connectivity index (χ1n) is 8.02. The lowest BCUT2D eigenvalue weighted by Gasteiger charge is -2.40. The van der Waals surface area contributed by atoms with E-state index in [1.165, 1.54) is 0 Å². The predicted octanol–water partition coefficient (Wildman–Crippen LogP) is 5.17. The average molecular weight is 384 g/mol. The first-order chi connectivity index (χ1) is 10.6. The van der Waals surface area contributed by atoms with Crippen molar-refractivity contribution in [3.8, 4) is 5.75 Å². The number of halogens is 1. The van der Waals surface area contributed by atoms with Gasteiger partial charge in [0, 0.05) is 6.04 Å². The highest BCUT2D eigenvalue weighted by Gasteiger charge is 2.36. The van der Waals surface area contributed by atoms with E-state index in [0.29, 0.717) is 5.92 Å². The highest BCUT2D eigenvalue weighted by atomic mass is 79.9. The molecule has 1 aromatic carbocycles. The molecule has 1 unspecified atom stereocenters. The molecule has 1 heterocycles. The number of rotatable bonds is 2. The molecule has 2 rings (SSSR count). The van der Waals surface area contributed by atoms with Crippen LogP contribution in [0.4, 0.5) is 10.5 Å². The van der Waals surface area contributed by atoms with Gasteiger partial charge in [-0.05, 0) is 73.2 Å². The Balaban J connectivity index is 2.47. The van der Waals surface area contributed by atoms with Gasteiger partial charge in [0.05, 0.1) is 17.3 Å². The van der Waals surface area contributed by atoms with Gasteiger partial charge >= 0.3 is 6.09 Å². The van der Waals surface area contributed by atoms with E-state index in [4.69, 9.17) is 9.47 Å². The van der Waals surface area contributed by atoms with Crippen molar-refractivity contribution >= 4 is 27.7 Å². The van der Waals surface area contributed by atoms with Crippen LogP contribution in [0.25, 0.3) is 0 Å². The fourth-order valence-corrected chi connectivity index (χ4v) is 3.45. The number of nitrogens with zero attached hydrogens (tertiary/aromatic N) is 1. The smallest absolute Gasteiger partial charge is 0.415 e. The Morgan fingerprint density at radius 3 is 2.52 bits per heavy atom. The molecule has 5 heteroatoms. The zero-order chi connectivity index (χ0) is 17.4. The van der Waals surface area contributed by atoms with Gasteiger partial charge in [0.15, 0.2) is 0 Å². The zero-order valence-electron chi connectivity index (χ0n) is 14.8. The molecule has 0 saturated heterocycles. The molecule has 0 N–H and O–H groups in total. The molecule has 0 aromatic heterocycles. The lowest BCUT2D eigenvalue weighted by Crippen LogP contribution is -2.48. The quantitative estimate of drug-likeness (QED) is 0.706. The summed E-state index contributed by atoms with van der Waals surface area (Å²) in [5.41, 5.74) is 1.52. The van der Waals surface area contributed by atoms with Gasteiger partial charge < -0.3 is 9.47 Å². The molecule has 1 aromatic rings. The van der Waals surface area contributed by atoms with Crippen LogP contribution in [0.2, 0.25) is 0 Å². The van der Waals surface area contributed by atoms with Crippen molar-refractivity contribution in [2.24, 2.45) is 5.92 Å². The third-order valence-electron chi connectivity index (χ3n) is 4.01. The maximum absolute atomic E-state index is 12.8. The largest absolute Gasteiger partial charge is 0.496 e. The lowest BCUT2D eigenvalue weighted by molar-refractivity contribution is 0.0550. The Labute approximate surface area is 147 Å². The summed E-state index contributed by atoms with van der Waals surface area (Å²) >= 11 is 3.53. The van der Waals surface area contributed by atoms with Crippen LogP contribution in [0.1, 0.15) is 46.6 Å². The molecule has 0 saturated carbocycles. The normalized spacial score (nSPS) is 17.9. The molecule has 1 aliphatic heterocycles. The summed E-state index contributed by atoms with van der Waals surface area (Å²) in [5.74, 6) is 1.15. The van der Waals surface area contributed by atoms with Crippen molar-refractivity contribution in [2.75, 3.05) is 12.0 Å². The van der Waals surface area contributed by atoms with Crippen LogP contribution in [0.15, 0.2) is 16.6 Å². The van der Waals surface area contributed by atoms with Gasteiger partial charge in [-0.1, -0.05) is 13.8 Å². The van der Waals surface area contributed by atoms with Crippen molar-refractivity contribution in [1.29, 1.82) is 0 Å². The van der Waals surface area contributed by atoms with E-state index < -0.39 is 5.60 Å². The second kappa shape index (κ2) is 6.71. The molecule has 1 amide bonds. The number of ether oxygens (including phenoxy) is 2. The van der Waals surface area contributed by atoms with E-state index in [-0.39, 0.29) is 12.1 Å². The number of carbonyl (C=O) groups is 1. The van der Waals surface area contributed by atoms with Crippen molar-refractivity contribution in [1.82, 2.24) is 0 Å². The minimum Gasteiger partial charge on any atom is -0.496 e. The van der Waals surface area contributed by atoms with Crippen LogP contribution in [0, 0.1) is 5.92 Å². The number of carbonyl (C=O) groups excluding carboxylic acids is 1. The molecule has 1 aliphatic rings. The zero-order valence-corrected chi connectivity index (χ0v) is 16.4. The van der Waals surface area contributed by atoms with Crippen LogP contribution in [0.5, 0.6) is 5.75 Å². The number of amides is 1. The van der Waals surface area contributed by atoms with Gasteiger partial charge in [-0.15, -0.1) is 0 Å². The SMILES string of the molecule is COc1cc2c(cc1Br)N(C(=O)OC(C)(C)C)C(C(C)C)CC2. The Hall–Kier alpha value is -1.23. The average Bonchev–Trinajstić information content (AvgIpc) is 2.43. The summed E-state index contributed by atoms with van der Waals surface area (Å²) in [5, 5.41) is 0. The van der Waals surface area contributed by atoms with Crippen LogP contribution >= 0.6 is 15.9 Å². The Morgan fingerprint density at radius 2 is 2.00 bits per heavy atom. The van der Waals surface area contributed by atoms with E-state index in [1.54, 1.807) is 7.11 Å². The molecule has 23 heavy (non-hydrogen) atoms. The van der Waals surface area contributed by atoms with Gasteiger partial charge in [-0.25, -0.2) is 4.79 Å². The summed E-state index contributed by atoms with van der Waals surface area (Å²) in [6, 6.07) is 4.11. The summed E-state index contributed by atoms with van der Waals surface area (Å²) in [7, 11) is 1.65. The molecule has 0 spiro atoms. The molecule has 0 bridgehead atoms. The van der Waals surface area contributed by atoms with Gasteiger partial charge in [-0.2, -0.15) is 0 Å².